The normalized spacial score (nSPS) is 16.9. The van der Waals surface area contributed by atoms with Crippen molar-refractivity contribution < 1.29 is 19.5 Å². The number of nitrogens with two attached hydrogens (primary N) is 1. The van der Waals surface area contributed by atoms with E-state index in [0.29, 0.717) is 30.2 Å². The molecule has 2 aliphatic heterocycles. The van der Waals surface area contributed by atoms with Gasteiger partial charge in [-0.25, -0.2) is 4.79 Å². The van der Waals surface area contributed by atoms with Crippen LogP contribution in [-0.2, 0) is 22.6 Å². The van der Waals surface area contributed by atoms with Gasteiger partial charge in [0.05, 0.1) is 5.56 Å². The van der Waals surface area contributed by atoms with Gasteiger partial charge in [0.15, 0.2) is 0 Å². The van der Waals surface area contributed by atoms with Gasteiger partial charge in [-0.2, -0.15) is 0 Å². The van der Waals surface area contributed by atoms with Gasteiger partial charge in [-0.05, 0) is 77.2 Å². The average molecular weight is 574 g/mol. The Kier molecular flexibility index (Phi) is 8.68. The van der Waals surface area contributed by atoms with Crippen molar-refractivity contribution in [2.24, 2.45) is 5.73 Å². The second-order valence-electron chi connectivity index (χ2n) is 10.0. The van der Waals surface area contributed by atoms with E-state index in [1.54, 1.807) is 35.2 Å². The summed E-state index contributed by atoms with van der Waals surface area (Å²) < 4.78 is 0. The van der Waals surface area contributed by atoms with E-state index in [4.69, 9.17) is 17.3 Å². The van der Waals surface area contributed by atoms with Gasteiger partial charge in [0, 0.05) is 61.7 Å². The Morgan fingerprint density at radius 1 is 1.05 bits per heavy atom. The topological polar surface area (TPSA) is 128 Å². The fourth-order valence-electron chi connectivity index (χ4n) is 5.44. The minimum Gasteiger partial charge on any atom is -0.478 e. The maximum atomic E-state index is 13.9. The maximum Gasteiger partial charge on any atom is 0.335 e. The molecule has 0 aromatic heterocycles. The highest BCUT2D eigenvalue weighted by molar-refractivity contribution is 6.30. The Bertz CT molecular complexity index is 1480. The van der Waals surface area contributed by atoms with Crippen LogP contribution in [0.25, 0.3) is 6.08 Å². The van der Waals surface area contributed by atoms with E-state index in [2.05, 4.69) is 21.6 Å². The molecule has 2 aliphatic rings. The summed E-state index contributed by atoms with van der Waals surface area (Å²) in [6.07, 6.45) is 3.75. The van der Waals surface area contributed by atoms with E-state index in [1.807, 2.05) is 18.2 Å². The summed E-state index contributed by atoms with van der Waals surface area (Å²) in [7, 11) is 0. The van der Waals surface area contributed by atoms with Crippen LogP contribution in [0.5, 0.6) is 0 Å². The Hall–Kier alpha value is -4.18. The second-order valence-corrected chi connectivity index (χ2v) is 10.5. The molecule has 5 N–H and O–H groups in total. The van der Waals surface area contributed by atoms with Crippen molar-refractivity contribution in [1.82, 2.24) is 10.2 Å². The molecule has 0 radical (unpaired) electrons. The zero-order valence-corrected chi connectivity index (χ0v) is 23.2. The molecule has 2 amide bonds. The maximum absolute atomic E-state index is 13.9. The lowest BCUT2D eigenvalue weighted by atomic mass is 9.89. The van der Waals surface area contributed by atoms with Gasteiger partial charge in [0.1, 0.15) is 6.04 Å². The largest absolute Gasteiger partial charge is 0.478 e. The third-order valence-electron chi connectivity index (χ3n) is 7.52. The first-order chi connectivity index (χ1) is 19.9. The molecule has 212 valence electrons. The molecule has 3 aromatic rings. The Morgan fingerprint density at radius 2 is 1.80 bits per heavy atom. The number of hydrogen-bond donors (Lipinski definition) is 4. The highest BCUT2D eigenvalue weighted by Crippen LogP contribution is 2.37. The molecule has 0 spiro atoms. The summed E-state index contributed by atoms with van der Waals surface area (Å²) in [5.41, 5.74) is 10.9. The van der Waals surface area contributed by atoms with Crippen LogP contribution in [0.3, 0.4) is 0 Å². The summed E-state index contributed by atoms with van der Waals surface area (Å²) >= 11 is 6.18. The van der Waals surface area contributed by atoms with Crippen molar-refractivity contribution in [3.63, 3.8) is 0 Å². The van der Waals surface area contributed by atoms with Gasteiger partial charge >= 0.3 is 5.97 Å². The number of carbonyl (C=O) groups is 3. The first-order valence-electron chi connectivity index (χ1n) is 13.5. The molecule has 0 bridgehead atoms. The number of nitrogens with zero attached hydrogens (tertiary/aromatic N) is 2. The van der Waals surface area contributed by atoms with E-state index < -0.39 is 12.0 Å². The monoisotopic (exact) mass is 573 g/mol. The number of amides is 2. The van der Waals surface area contributed by atoms with Crippen molar-refractivity contribution >= 4 is 46.8 Å². The Morgan fingerprint density at radius 3 is 2.51 bits per heavy atom. The summed E-state index contributed by atoms with van der Waals surface area (Å²) in [5, 5.41) is 16.0. The van der Waals surface area contributed by atoms with Gasteiger partial charge in [-0.15, -0.1) is 0 Å². The van der Waals surface area contributed by atoms with Crippen molar-refractivity contribution in [1.29, 1.82) is 0 Å². The average Bonchev–Trinajstić information content (AvgIpc) is 2.99. The number of carboxylic acid groups (broad SMARTS) is 1. The lowest BCUT2D eigenvalue weighted by Crippen LogP contribution is -2.47. The highest BCUT2D eigenvalue weighted by atomic mass is 35.5. The number of aromatic carboxylic acids is 1. The van der Waals surface area contributed by atoms with Crippen LogP contribution >= 0.6 is 11.6 Å². The minimum absolute atomic E-state index is 0.117. The summed E-state index contributed by atoms with van der Waals surface area (Å²) in [6.45, 7) is 4.12. The number of benzene rings is 3. The molecule has 1 atom stereocenters. The number of carbonyl (C=O) groups excluding carboxylic acids is 2. The SMILES string of the molecule is NCc1ccc(Cl)cc1C=CC(=O)N1CCc2c(cccc2N2CCNCC2)C1C(=O)Nc1ccc(C(=O)O)cc1. The predicted molar refractivity (Wildman–Crippen MR) is 160 cm³/mol. The fraction of sp³-hybridized carbons (Fsp3) is 0.258. The van der Waals surface area contributed by atoms with Gasteiger partial charge in [-0.1, -0.05) is 29.8 Å². The van der Waals surface area contributed by atoms with Crippen LogP contribution in [0.15, 0.2) is 66.7 Å². The van der Waals surface area contributed by atoms with Gasteiger partial charge in [0.25, 0.3) is 5.91 Å². The molecular formula is C31H32ClN5O4. The van der Waals surface area contributed by atoms with Gasteiger partial charge < -0.3 is 31.3 Å². The van der Waals surface area contributed by atoms with E-state index >= 15 is 0 Å². The molecule has 41 heavy (non-hydrogen) atoms. The number of hydrogen-bond acceptors (Lipinski definition) is 6. The Balaban J connectivity index is 1.48. The first-order valence-corrected chi connectivity index (χ1v) is 13.9. The van der Waals surface area contributed by atoms with E-state index in [-0.39, 0.29) is 17.4 Å². The van der Waals surface area contributed by atoms with Crippen LogP contribution in [0.1, 0.15) is 38.7 Å². The van der Waals surface area contributed by atoms with Crippen molar-refractivity contribution in [3.05, 3.63) is 99.6 Å². The zero-order chi connectivity index (χ0) is 28.9. The molecule has 10 heteroatoms. The number of halogens is 1. The molecule has 3 aromatic carbocycles. The predicted octanol–water partition coefficient (Wildman–Crippen LogP) is 3.68. The van der Waals surface area contributed by atoms with Crippen LogP contribution < -0.4 is 21.3 Å². The standard InChI is InChI=1S/C31H32ClN5O4/c32-23-8-4-22(19-33)21(18-23)7-11-28(38)37-15-12-25-26(2-1-3-27(25)36-16-13-34-14-17-36)29(37)30(39)35-24-9-5-20(6-10-24)31(40)41/h1-11,18,29,34H,12-17,19,33H2,(H,35,39)(H,40,41). The van der Waals surface area contributed by atoms with Crippen LogP contribution in [0, 0.1) is 0 Å². The number of carboxylic acids is 1. The third-order valence-corrected chi connectivity index (χ3v) is 7.75. The van der Waals surface area contributed by atoms with Crippen molar-refractivity contribution in [3.8, 4) is 0 Å². The molecule has 0 aliphatic carbocycles. The second kappa shape index (κ2) is 12.6. The van der Waals surface area contributed by atoms with Crippen LogP contribution in [-0.4, -0.2) is 60.5 Å². The summed E-state index contributed by atoms with van der Waals surface area (Å²) in [5.74, 6) is -1.74. The highest BCUT2D eigenvalue weighted by Gasteiger charge is 2.37. The van der Waals surface area contributed by atoms with Gasteiger partial charge in [0.2, 0.25) is 5.91 Å². The molecule has 1 fully saturated rings. The van der Waals surface area contributed by atoms with E-state index in [0.717, 1.165) is 54.1 Å². The lowest BCUT2D eigenvalue weighted by molar-refractivity contribution is -0.135. The first kappa shape index (κ1) is 28.4. The minimum atomic E-state index is -1.05. The number of piperazine rings is 1. The van der Waals surface area contributed by atoms with Crippen LogP contribution in [0.4, 0.5) is 11.4 Å². The molecular weight excluding hydrogens is 542 g/mol. The molecule has 9 nitrogen and oxygen atoms in total. The number of rotatable bonds is 7. The summed E-state index contributed by atoms with van der Waals surface area (Å²) in [6, 6.07) is 16.3. The fourth-order valence-corrected chi connectivity index (χ4v) is 5.62. The van der Waals surface area contributed by atoms with E-state index in [9.17, 15) is 19.5 Å². The quantitative estimate of drug-likeness (QED) is 0.317. The zero-order valence-electron chi connectivity index (χ0n) is 22.5. The smallest absolute Gasteiger partial charge is 0.335 e. The molecule has 1 saturated heterocycles. The lowest BCUT2D eigenvalue weighted by Gasteiger charge is -2.39. The Labute approximate surface area is 243 Å². The van der Waals surface area contributed by atoms with Gasteiger partial charge in [-0.3, -0.25) is 9.59 Å². The van der Waals surface area contributed by atoms with Crippen molar-refractivity contribution in [2.45, 2.75) is 19.0 Å². The van der Waals surface area contributed by atoms with Crippen molar-refractivity contribution in [2.75, 3.05) is 42.9 Å². The molecule has 5 rings (SSSR count). The summed E-state index contributed by atoms with van der Waals surface area (Å²) in [4.78, 5) is 42.7. The molecule has 1 unspecified atom stereocenters. The van der Waals surface area contributed by atoms with Crippen LogP contribution in [0.2, 0.25) is 5.02 Å². The molecule has 0 saturated carbocycles. The third kappa shape index (κ3) is 6.27. The number of anilines is 2. The molecule has 2 heterocycles. The number of nitrogens with one attached hydrogen (secondary N) is 2. The van der Waals surface area contributed by atoms with E-state index in [1.165, 1.54) is 18.2 Å². The number of fused-ring (bicyclic) bond motifs is 1.